The van der Waals surface area contributed by atoms with Gasteiger partial charge in [0, 0.05) is 12.8 Å². The molecule has 0 amide bonds. The fourth-order valence-electron chi connectivity index (χ4n) is 4.78. The summed E-state index contributed by atoms with van der Waals surface area (Å²) in [5, 5.41) is 9.98. The maximum absolute atomic E-state index is 12.3. The standard InChI is InChI=1S/C38H67O9P/c1-4-6-7-8-18-23-28-35(39)29-24-19-14-10-12-16-21-26-31-38(41)47-36(33-46-48(42,43)44)32-45-37(40)30-25-20-15-11-9-13-17-22-27-34(3)5-2/h12,14,16,18-19,23-24,29,34-36,39H,4-11,13,15,17,20-22,25-28,30-33H2,1-3H3,(H2,42,43,44)/b16-12-,19-14-,23-18-,29-24+/t34?,35-,36+/m0/s1. The van der Waals surface area contributed by atoms with E-state index in [1.54, 1.807) is 6.08 Å². The van der Waals surface area contributed by atoms with Crippen LogP contribution in [0.5, 0.6) is 0 Å². The Balaban J connectivity index is 4.19. The zero-order chi connectivity index (χ0) is 35.7. The van der Waals surface area contributed by atoms with E-state index in [2.05, 4.69) is 31.4 Å². The second kappa shape index (κ2) is 32.2. The normalized spacial score (nSPS) is 14.4. The quantitative estimate of drug-likeness (QED) is 0.0206. The number of phosphoric acid groups is 1. The van der Waals surface area contributed by atoms with Crippen LogP contribution < -0.4 is 0 Å². The summed E-state index contributed by atoms with van der Waals surface area (Å²) in [6.07, 6.45) is 33.0. The number of carbonyl (C=O) groups is 2. The molecule has 0 spiro atoms. The Morgan fingerprint density at radius 3 is 2.06 bits per heavy atom. The number of phosphoric ester groups is 1. The molecular formula is C38H67O9P. The molecule has 278 valence electrons. The number of hydrogen-bond donors (Lipinski definition) is 3. The minimum absolute atomic E-state index is 0.103. The van der Waals surface area contributed by atoms with Crippen molar-refractivity contribution in [1.82, 2.24) is 0 Å². The maximum atomic E-state index is 12.3. The summed E-state index contributed by atoms with van der Waals surface area (Å²) < 4.78 is 26.2. The lowest BCUT2D eigenvalue weighted by Crippen LogP contribution is -2.29. The monoisotopic (exact) mass is 698 g/mol. The van der Waals surface area contributed by atoms with Crippen LogP contribution in [0.1, 0.15) is 149 Å². The van der Waals surface area contributed by atoms with E-state index in [1.807, 2.05) is 36.5 Å². The largest absolute Gasteiger partial charge is 0.469 e. The fourth-order valence-corrected chi connectivity index (χ4v) is 5.14. The Hall–Kier alpha value is -2.03. The van der Waals surface area contributed by atoms with Gasteiger partial charge in [0.2, 0.25) is 0 Å². The third-order valence-corrected chi connectivity index (χ3v) is 8.46. The lowest BCUT2D eigenvalue weighted by molar-refractivity contribution is -0.161. The molecular weight excluding hydrogens is 631 g/mol. The average Bonchev–Trinajstić information content (AvgIpc) is 3.05. The molecule has 0 aliphatic rings. The van der Waals surface area contributed by atoms with Gasteiger partial charge >= 0.3 is 19.8 Å². The van der Waals surface area contributed by atoms with Crippen LogP contribution in [0.15, 0.2) is 48.6 Å². The second-order valence-corrected chi connectivity index (χ2v) is 13.9. The van der Waals surface area contributed by atoms with Crippen molar-refractivity contribution in [2.45, 2.75) is 161 Å². The van der Waals surface area contributed by atoms with Gasteiger partial charge in [0.25, 0.3) is 0 Å². The molecule has 0 aromatic carbocycles. The predicted octanol–water partition coefficient (Wildman–Crippen LogP) is 9.61. The number of rotatable bonds is 32. The smallest absolute Gasteiger partial charge is 0.462 e. The molecule has 0 aliphatic carbocycles. The highest BCUT2D eigenvalue weighted by molar-refractivity contribution is 7.46. The molecule has 0 saturated carbocycles. The zero-order valence-corrected chi connectivity index (χ0v) is 31.0. The first-order chi connectivity index (χ1) is 23.1. The Kier molecular flexibility index (Phi) is 30.8. The van der Waals surface area contributed by atoms with Crippen LogP contribution in [0.2, 0.25) is 0 Å². The first kappa shape index (κ1) is 46.0. The van der Waals surface area contributed by atoms with Crippen molar-refractivity contribution in [1.29, 1.82) is 0 Å². The van der Waals surface area contributed by atoms with Gasteiger partial charge in [0.05, 0.1) is 12.7 Å². The Morgan fingerprint density at radius 1 is 0.729 bits per heavy atom. The summed E-state index contributed by atoms with van der Waals surface area (Å²) in [6.45, 7) is 5.83. The molecule has 0 radical (unpaired) electrons. The van der Waals surface area contributed by atoms with Gasteiger partial charge in [-0.25, -0.2) is 4.57 Å². The molecule has 0 heterocycles. The van der Waals surface area contributed by atoms with E-state index in [0.29, 0.717) is 32.1 Å². The van der Waals surface area contributed by atoms with Gasteiger partial charge in [-0.1, -0.05) is 140 Å². The summed E-state index contributed by atoms with van der Waals surface area (Å²) in [5.41, 5.74) is 0. The summed E-state index contributed by atoms with van der Waals surface area (Å²) in [5.74, 6) is -0.178. The van der Waals surface area contributed by atoms with Crippen molar-refractivity contribution in [3.05, 3.63) is 48.6 Å². The van der Waals surface area contributed by atoms with E-state index in [9.17, 15) is 19.3 Å². The van der Waals surface area contributed by atoms with Crippen LogP contribution in [0.3, 0.4) is 0 Å². The molecule has 9 nitrogen and oxygen atoms in total. The highest BCUT2D eigenvalue weighted by Gasteiger charge is 2.22. The Labute approximate surface area is 291 Å². The van der Waals surface area contributed by atoms with E-state index in [4.69, 9.17) is 19.3 Å². The lowest BCUT2D eigenvalue weighted by Gasteiger charge is -2.18. The molecule has 0 fully saturated rings. The molecule has 48 heavy (non-hydrogen) atoms. The summed E-state index contributed by atoms with van der Waals surface area (Å²) in [4.78, 5) is 42.6. The van der Waals surface area contributed by atoms with E-state index in [-0.39, 0.29) is 19.4 Å². The molecule has 0 bridgehead atoms. The topological polar surface area (TPSA) is 140 Å². The lowest BCUT2D eigenvalue weighted by atomic mass is 9.99. The number of carbonyl (C=O) groups excluding carboxylic acids is 2. The van der Waals surface area contributed by atoms with E-state index >= 15 is 0 Å². The SMILES string of the molecule is CCCCC/C=C\C[C@H](O)/C=C/C=C\C/C=C\CCCC(=O)O[C@H](COC(=O)CCCCCCCCCCC(C)CC)COP(=O)(O)O. The van der Waals surface area contributed by atoms with Crippen molar-refractivity contribution in [2.24, 2.45) is 5.92 Å². The number of ether oxygens (including phenoxy) is 2. The number of allylic oxidation sites excluding steroid dienone is 6. The maximum Gasteiger partial charge on any atom is 0.469 e. The molecule has 0 aromatic heterocycles. The Bertz CT molecular complexity index is 954. The van der Waals surface area contributed by atoms with Gasteiger partial charge in [0.15, 0.2) is 6.10 Å². The highest BCUT2D eigenvalue weighted by atomic mass is 31.2. The molecule has 0 rings (SSSR count). The van der Waals surface area contributed by atoms with Crippen molar-refractivity contribution >= 4 is 19.8 Å². The molecule has 0 aliphatic heterocycles. The van der Waals surface area contributed by atoms with Gasteiger partial charge in [-0.3, -0.25) is 14.1 Å². The van der Waals surface area contributed by atoms with Crippen molar-refractivity contribution < 1.29 is 43.0 Å². The van der Waals surface area contributed by atoms with Crippen LogP contribution in [-0.2, 0) is 28.2 Å². The van der Waals surface area contributed by atoms with Crippen LogP contribution >= 0.6 is 7.82 Å². The van der Waals surface area contributed by atoms with Gasteiger partial charge in [0.1, 0.15) is 6.61 Å². The number of unbranched alkanes of at least 4 members (excludes halogenated alkanes) is 11. The molecule has 10 heteroatoms. The van der Waals surface area contributed by atoms with E-state index in [0.717, 1.165) is 31.6 Å². The number of aliphatic hydroxyl groups is 1. The molecule has 3 atom stereocenters. The van der Waals surface area contributed by atoms with E-state index < -0.39 is 38.6 Å². The fraction of sp³-hybridized carbons (Fsp3) is 0.737. The molecule has 0 aromatic rings. The first-order valence-electron chi connectivity index (χ1n) is 18.4. The molecule has 0 saturated heterocycles. The van der Waals surface area contributed by atoms with Crippen molar-refractivity contribution in [3.63, 3.8) is 0 Å². The van der Waals surface area contributed by atoms with Gasteiger partial charge < -0.3 is 24.4 Å². The Morgan fingerprint density at radius 2 is 1.38 bits per heavy atom. The third kappa shape index (κ3) is 33.9. The van der Waals surface area contributed by atoms with Gasteiger partial charge in [-0.15, -0.1) is 0 Å². The van der Waals surface area contributed by atoms with Gasteiger partial charge in [-0.2, -0.15) is 0 Å². The van der Waals surface area contributed by atoms with Crippen LogP contribution in [-0.4, -0.2) is 52.3 Å². The number of aliphatic hydroxyl groups excluding tert-OH is 1. The summed E-state index contributed by atoms with van der Waals surface area (Å²) in [7, 11) is -4.78. The minimum Gasteiger partial charge on any atom is -0.462 e. The zero-order valence-electron chi connectivity index (χ0n) is 30.1. The van der Waals surface area contributed by atoms with Gasteiger partial charge in [-0.05, 0) is 50.9 Å². The van der Waals surface area contributed by atoms with Crippen LogP contribution in [0.25, 0.3) is 0 Å². The first-order valence-corrected chi connectivity index (χ1v) is 20.0. The molecule has 1 unspecified atom stereocenters. The summed E-state index contributed by atoms with van der Waals surface area (Å²) >= 11 is 0. The molecule has 3 N–H and O–H groups in total. The van der Waals surface area contributed by atoms with Crippen molar-refractivity contribution in [3.8, 4) is 0 Å². The van der Waals surface area contributed by atoms with E-state index in [1.165, 1.54) is 57.8 Å². The number of esters is 2. The van der Waals surface area contributed by atoms with Crippen molar-refractivity contribution in [2.75, 3.05) is 13.2 Å². The van der Waals surface area contributed by atoms with Crippen LogP contribution in [0.4, 0.5) is 0 Å². The third-order valence-electron chi connectivity index (χ3n) is 7.97. The minimum atomic E-state index is -4.78. The highest BCUT2D eigenvalue weighted by Crippen LogP contribution is 2.36. The average molecular weight is 699 g/mol. The van der Waals surface area contributed by atoms with Crippen LogP contribution in [0, 0.1) is 5.92 Å². The predicted molar refractivity (Wildman–Crippen MR) is 194 cm³/mol. The summed E-state index contributed by atoms with van der Waals surface area (Å²) in [6, 6.07) is 0. The number of hydrogen-bond acceptors (Lipinski definition) is 7. The second-order valence-electron chi connectivity index (χ2n) is 12.6.